The Morgan fingerprint density at radius 1 is 1.07 bits per heavy atom. The van der Waals surface area contributed by atoms with Crippen LogP contribution in [-0.4, -0.2) is 26.9 Å². The second-order valence-electron chi connectivity index (χ2n) is 3.66. The maximum Gasteiger partial charge on any atom is 0.129 e. The lowest BCUT2D eigenvalue weighted by atomic mass is 10.2. The molecule has 0 atom stereocenters. The smallest absolute Gasteiger partial charge is 0.129 e. The van der Waals surface area contributed by atoms with Crippen molar-refractivity contribution in [2.75, 3.05) is 21.1 Å². The molecule has 88 valence electrons. The van der Waals surface area contributed by atoms with Crippen LogP contribution in [0.15, 0.2) is 0 Å². The number of nitrogens with one attached hydrogen (secondary N) is 1. The van der Waals surface area contributed by atoms with E-state index in [1.54, 1.807) is 6.92 Å². The Morgan fingerprint density at radius 3 is 1.64 bits per heavy atom. The normalized spacial score (nSPS) is 8.29. The van der Waals surface area contributed by atoms with Crippen molar-refractivity contribution in [3.8, 4) is 0 Å². The summed E-state index contributed by atoms with van der Waals surface area (Å²) in [5.74, 6) is 0.318. The van der Waals surface area contributed by atoms with Crippen molar-refractivity contribution in [1.29, 1.82) is 0 Å². The third-order valence-corrected chi connectivity index (χ3v) is 1.13. The van der Waals surface area contributed by atoms with Gasteiger partial charge in [-0.1, -0.05) is 33.6 Å². The second kappa shape index (κ2) is 18.4. The Hall–Kier alpha value is -0.370. The fourth-order valence-electron chi connectivity index (χ4n) is 0.624. The van der Waals surface area contributed by atoms with Crippen molar-refractivity contribution >= 4 is 5.78 Å². The lowest BCUT2D eigenvalue weighted by molar-refractivity contribution is -0.836. The van der Waals surface area contributed by atoms with Crippen LogP contribution < -0.4 is 4.90 Å². The fraction of sp³-hybridized carbons (Fsp3) is 0.917. The van der Waals surface area contributed by atoms with Crippen LogP contribution in [0.25, 0.3) is 0 Å². The lowest BCUT2D eigenvalue weighted by Crippen LogP contribution is -3.02. The molecule has 0 aromatic carbocycles. The van der Waals surface area contributed by atoms with E-state index < -0.39 is 0 Å². The summed E-state index contributed by atoms with van der Waals surface area (Å²) in [7, 11) is 6.25. The van der Waals surface area contributed by atoms with Gasteiger partial charge >= 0.3 is 0 Å². The molecular formula is C12H30NO+. The monoisotopic (exact) mass is 204 g/mol. The number of Topliss-reactive ketones (excluding diaryl/α,β-unsaturated/α-hetero) is 1. The first-order valence-electron chi connectivity index (χ1n) is 5.76. The molecule has 0 saturated carbocycles. The Morgan fingerprint density at radius 2 is 1.43 bits per heavy atom. The minimum Gasteiger partial charge on any atom is -0.342 e. The molecular weight excluding hydrogens is 174 g/mol. The van der Waals surface area contributed by atoms with Gasteiger partial charge in [0.1, 0.15) is 5.78 Å². The number of ketones is 1. The van der Waals surface area contributed by atoms with E-state index in [0.717, 1.165) is 12.8 Å². The highest BCUT2D eigenvalue weighted by molar-refractivity contribution is 5.75. The molecule has 0 saturated heterocycles. The standard InChI is InChI=1S/C7H14O.C3H9N.C2H6/c1-3-4-5-6-7(2)8;1-4(2)3;1-2/h3-6H2,1-2H3;1-3H3;1-2H3/p+1. The molecule has 0 aliphatic rings. The van der Waals surface area contributed by atoms with Crippen LogP contribution in [0.2, 0.25) is 0 Å². The lowest BCUT2D eigenvalue weighted by Gasteiger charge is -1.90. The van der Waals surface area contributed by atoms with Gasteiger partial charge in [0, 0.05) is 6.42 Å². The number of quaternary nitrogens is 1. The van der Waals surface area contributed by atoms with Gasteiger partial charge in [-0.2, -0.15) is 0 Å². The average Bonchev–Trinajstić information content (AvgIpc) is 2.07. The average molecular weight is 204 g/mol. The first-order valence-corrected chi connectivity index (χ1v) is 5.76. The highest BCUT2D eigenvalue weighted by Gasteiger charge is 1.89. The number of unbranched alkanes of at least 4 members (excludes halogenated alkanes) is 2. The van der Waals surface area contributed by atoms with Crippen LogP contribution in [0.3, 0.4) is 0 Å². The molecule has 0 aromatic heterocycles. The number of rotatable bonds is 4. The maximum atomic E-state index is 10.3. The summed E-state index contributed by atoms with van der Waals surface area (Å²) in [6, 6.07) is 0. The molecule has 0 aliphatic heterocycles. The molecule has 2 heteroatoms. The number of carbonyl (C=O) groups excluding carboxylic acids is 1. The third-order valence-electron chi connectivity index (χ3n) is 1.13. The van der Waals surface area contributed by atoms with Gasteiger partial charge < -0.3 is 9.69 Å². The van der Waals surface area contributed by atoms with E-state index >= 15 is 0 Å². The van der Waals surface area contributed by atoms with Gasteiger partial charge in [0.2, 0.25) is 0 Å². The molecule has 0 aromatic rings. The Bertz CT molecular complexity index is 97.7. The highest BCUT2D eigenvalue weighted by atomic mass is 16.1. The van der Waals surface area contributed by atoms with Crippen LogP contribution in [0, 0.1) is 0 Å². The van der Waals surface area contributed by atoms with Crippen LogP contribution in [-0.2, 0) is 4.79 Å². The van der Waals surface area contributed by atoms with Gasteiger partial charge in [0.05, 0.1) is 21.1 Å². The molecule has 0 bridgehead atoms. The van der Waals surface area contributed by atoms with Crippen molar-refractivity contribution in [3.63, 3.8) is 0 Å². The van der Waals surface area contributed by atoms with Gasteiger partial charge in [0.25, 0.3) is 0 Å². The van der Waals surface area contributed by atoms with Crippen molar-refractivity contribution in [2.45, 2.75) is 53.4 Å². The zero-order valence-electron chi connectivity index (χ0n) is 11.2. The quantitative estimate of drug-likeness (QED) is 0.694. The Balaban J connectivity index is -0.000000170. The summed E-state index contributed by atoms with van der Waals surface area (Å²) in [4.78, 5) is 11.7. The topological polar surface area (TPSA) is 21.5 Å². The number of hydrogen-bond acceptors (Lipinski definition) is 1. The van der Waals surface area contributed by atoms with Crippen LogP contribution >= 0.6 is 0 Å². The van der Waals surface area contributed by atoms with E-state index in [1.165, 1.54) is 17.7 Å². The molecule has 14 heavy (non-hydrogen) atoms. The summed E-state index contributed by atoms with van der Waals surface area (Å²) in [5, 5.41) is 0. The second-order valence-corrected chi connectivity index (χ2v) is 3.66. The van der Waals surface area contributed by atoms with Crippen LogP contribution in [0.4, 0.5) is 0 Å². The van der Waals surface area contributed by atoms with Gasteiger partial charge in [-0.25, -0.2) is 0 Å². The molecule has 0 amide bonds. The zero-order valence-corrected chi connectivity index (χ0v) is 11.2. The predicted octanol–water partition coefficient (Wildman–Crippen LogP) is 1.94. The van der Waals surface area contributed by atoms with E-state index in [9.17, 15) is 4.79 Å². The van der Waals surface area contributed by atoms with Gasteiger partial charge in [-0.3, -0.25) is 0 Å². The SMILES string of the molecule is CC.CCCCCC(C)=O.C[NH+](C)C. The summed E-state index contributed by atoms with van der Waals surface area (Å²) in [6.07, 6.45) is 4.24. The molecule has 0 heterocycles. The molecule has 0 fully saturated rings. The maximum absolute atomic E-state index is 10.3. The minimum atomic E-state index is 0.318. The molecule has 0 aliphatic carbocycles. The van der Waals surface area contributed by atoms with Crippen molar-refractivity contribution in [1.82, 2.24) is 0 Å². The molecule has 1 N–H and O–H groups in total. The predicted molar refractivity (Wildman–Crippen MR) is 64.9 cm³/mol. The van der Waals surface area contributed by atoms with E-state index in [-0.39, 0.29) is 0 Å². The van der Waals surface area contributed by atoms with Crippen LogP contribution in [0.1, 0.15) is 53.4 Å². The molecule has 0 unspecified atom stereocenters. The molecule has 0 spiro atoms. The van der Waals surface area contributed by atoms with E-state index in [0.29, 0.717) is 5.78 Å². The largest absolute Gasteiger partial charge is 0.342 e. The minimum absolute atomic E-state index is 0.318. The first-order chi connectivity index (χ1) is 6.50. The highest BCUT2D eigenvalue weighted by Crippen LogP contribution is 1.98. The Kier molecular flexibility index (Phi) is 25.3. The van der Waals surface area contributed by atoms with Gasteiger partial charge in [-0.05, 0) is 13.3 Å². The molecule has 0 radical (unpaired) electrons. The third kappa shape index (κ3) is 61.3. The number of carbonyl (C=O) groups is 1. The first kappa shape index (κ1) is 19.2. The van der Waals surface area contributed by atoms with E-state index in [4.69, 9.17) is 0 Å². The summed E-state index contributed by atoms with van der Waals surface area (Å²) in [6.45, 7) is 7.79. The van der Waals surface area contributed by atoms with E-state index in [2.05, 4.69) is 28.1 Å². The summed E-state index contributed by atoms with van der Waals surface area (Å²) >= 11 is 0. The van der Waals surface area contributed by atoms with E-state index in [1.807, 2.05) is 13.8 Å². The van der Waals surface area contributed by atoms with Gasteiger partial charge in [0.15, 0.2) is 0 Å². The van der Waals surface area contributed by atoms with Crippen molar-refractivity contribution in [2.24, 2.45) is 0 Å². The summed E-state index contributed by atoms with van der Waals surface area (Å²) < 4.78 is 0. The van der Waals surface area contributed by atoms with Crippen LogP contribution in [0.5, 0.6) is 0 Å². The molecule has 2 nitrogen and oxygen atoms in total. The van der Waals surface area contributed by atoms with Gasteiger partial charge in [-0.15, -0.1) is 0 Å². The number of hydrogen-bond donors (Lipinski definition) is 1. The van der Waals surface area contributed by atoms with Crippen molar-refractivity contribution in [3.05, 3.63) is 0 Å². The fourth-order valence-corrected chi connectivity index (χ4v) is 0.624. The summed E-state index contributed by atoms with van der Waals surface area (Å²) in [5.41, 5.74) is 0. The zero-order chi connectivity index (χ0) is 12.0. The molecule has 0 rings (SSSR count). The Labute approximate surface area is 90.7 Å². The van der Waals surface area contributed by atoms with Crippen molar-refractivity contribution < 1.29 is 9.69 Å².